The van der Waals surface area contributed by atoms with Gasteiger partial charge < -0.3 is 10.2 Å². The Morgan fingerprint density at radius 1 is 1.29 bits per heavy atom. The Morgan fingerprint density at radius 2 is 2.00 bits per heavy atom. The first-order valence-corrected chi connectivity index (χ1v) is 5.16. The molecule has 1 fully saturated rings. The summed E-state index contributed by atoms with van der Waals surface area (Å²) >= 11 is 0. The fourth-order valence-electron chi connectivity index (χ4n) is 1.44. The van der Waals surface area contributed by atoms with E-state index >= 15 is 0 Å². The molecule has 3 heteroatoms. The van der Waals surface area contributed by atoms with Crippen molar-refractivity contribution >= 4 is 6.21 Å². The van der Waals surface area contributed by atoms with Crippen molar-refractivity contribution in [2.75, 3.05) is 26.2 Å². The number of piperazine rings is 1. The molecule has 1 heterocycles. The Labute approximate surface area is 86.2 Å². The summed E-state index contributed by atoms with van der Waals surface area (Å²) in [6.45, 7) is 8.15. The zero-order valence-corrected chi connectivity index (χ0v) is 9.03. The molecule has 0 aromatic rings. The van der Waals surface area contributed by atoms with E-state index in [-0.39, 0.29) is 0 Å². The van der Waals surface area contributed by atoms with Crippen LogP contribution in [0, 0.1) is 0 Å². The summed E-state index contributed by atoms with van der Waals surface area (Å²) in [5.41, 5.74) is 0. The van der Waals surface area contributed by atoms with Crippen LogP contribution in [0.25, 0.3) is 0 Å². The minimum atomic E-state index is 1.04. The second kappa shape index (κ2) is 6.38. The molecule has 1 saturated heterocycles. The fraction of sp³-hybridized carbons (Fsp3) is 0.545. The number of nitrogens with zero attached hydrogens (tertiary/aromatic N) is 2. The van der Waals surface area contributed by atoms with Gasteiger partial charge in [0.1, 0.15) is 5.82 Å². The first kappa shape index (κ1) is 11.0. The van der Waals surface area contributed by atoms with Gasteiger partial charge in [-0.3, -0.25) is 0 Å². The van der Waals surface area contributed by atoms with E-state index in [0.717, 1.165) is 32.0 Å². The molecule has 0 aromatic heterocycles. The van der Waals surface area contributed by atoms with Crippen molar-refractivity contribution in [3.05, 3.63) is 24.0 Å². The van der Waals surface area contributed by atoms with Crippen LogP contribution in [0.2, 0.25) is 0 Å². The van der Waals surface area contributed by atoms with Gasteiger partial charge in [-0.1, -0.05) is 12.2 Å². The van der Waals surface area contributed by atoms with Gasteiger partial charge in [-0.25, -0.2) is 4.99 Å². The normalized spacial score (nSPS) is 19.9. The van der Waals surface area contributed by atoms with Gasteiger partial charge in [0.2, 0.25) is 0 Å². The smallest absolute Gasteiger partial charge is 0.128 e. The van der Waals surface area contributed by atoms with E-state index in [1.54, 1.807) is 0 Å². The van der Waals surface area contributed by atoms with Crippen molar-refractivity contribution in [3.63, 3.8) is 0 Å². The molecule has 1 aliphatic heterocycles. The molecule has 0 spiro atoms. The Bertz CT molecular complexity index is 235. The summed E-state index contributed by atoms with van der Waals surface area (Å²) in [6.07, 6.45) is 7.96. The van der Waals surface area contributed by atoms with E-state index in [1.807, 2.05) is 32.2 Å². The van der Waals surface area contributed by atoms with Gasteiger partial charge >= 0.3 is 0 Å². The molecule has 1 rings (SSSR count). The highest BCUT2D eigenvalue weighted by molar-refractivity contribution is 5.55. The van der Waals surface area contributed by atoms with Crippen molar-refractivity contribution in [2.24, 2.45) is 4.99 Å². The van der Waals surface area contributed by atoms with E-state index in [2.05, 4.69) is 21.3 Å². The summed E-state index contributed by atoms with van der Waals surface area (Å²) in [6, 6.07) is 0. The lowest BCUT2D eigenvalue weighted by Gasteiger charge is -2.29. The maximum Gasteiger partial charge on any atom is 0.128 e. The Kier molecular flexibility index (Phi) is 5.00. The SMILES string of the molecule is CC=N/C(=C\C=C/C)N1CCNCC1. The van der Waals surface area contributed by atoms with Gasteiger partial charge in [0.25, 0.3) is 0 Å². The molecular formula is C11H19N3. The highest BCUT2D eigenvalue weighted by Gasteiger charge is 2.10. The third-order valence-electron chi connectivity index (χ3n) is 2.14. The molecule has 0 saturated carbocycles. The molecule has 0 amide bonds. The van der Waals surface area contributed by atoms with Crippen LogP contribution in [-0.2, 0) is 0 Å². The standard InChI is InChI=1S/C11H19N3/c1-3-5-6-11(13-4-2)14-9-7-12-8-10-14/h3-6,12H,7-10H2,1-2H3/b5-3-,11-6+,13-4?. The van der Waals surface area contributed by atoms with Crippen LogP contribution < -0.4 is 5.32 Å². The van der Waals surface area contributed by atoms with Crippen LogP contribution in [0.5, 0.6) is 0 Å². The average Bonchev–Trinajstić information content (AvgIpc) is 2.25. The zero-order valence-electron chi connectivity index (χ0n) is 9.03. The maximum atomic E-state index is 4.37. The number of aliphatic imine (C=N–C) groups is 1. The summed E-state index contributed by atoms with van der Waals surface area (Å²) in [5.74, 6) is 1.06. The van der Waals surface area contributed by atoms with Gasteiger partial charge in [0.05, 0.1) is 0 Å². The molecule has 78 valence electrons. The van der Waals surface area contributed by atoms with Crippen LogP contribution in [-0.4, -0.2) is 37.3 Å². The van der Waals surface area contributed by atoms with Crippen molar-refractivity contribution in [3.8, 4) is 0 Å². The average molecular weight is 193 g/mol. The van der Waals surface area contributed by atoms with Gasteiger partial charge in [-0.2, -0.15) is 0 Å². The molecule has 0 atom stereocenters. The third-order valence-corrected chi connectivity index (χ3v) is 2.14. The fourth-order valence-corrected chi connectivity index (χ4v) is 1.44. The number of hydrogen-bond acceptors (Lipinski definition) is 3. The van der Waals surface area contributed by atoms with E-state index in [4.69, 9.17) is 0 Å². The largest absolute Gasteiger partial charge is 0.354 e. The van der Waals surface area contributed by atoms with E-state index in [9.17, 15) is 0 Å². The summed E-state index contributed by atoms with van der Waals surface area (Å²) < 4.78 is 0. The molecule has 3 nitrogen and oxygen atoms in total. The van der Waals surface area contributed by atoms with Crippen LogP contribution in [0.4, 0.5) is 0 Å². The van der Waals surface area contributed by atoms with Gasteiger partial charge in [-0.15, -0.1) is 0 Å². The van der Waals surface area contributed by atoms with Crippen LogP contribution in [0.1, 0.15) is 13.8 Å². The Hall–Kier alpha value is -1.09. The third kappa shape index (κ3) is 3.34. The van der Waals surface area contributed by atoms with E-state index in [1.165, 1.54) is 0 Å². The van der Waals surface area contributed by atoms with Crippen molar-refractivity contribution in [2.45, 2.75) is 13.8 Å². The topological polar surface area (TPSA) is 27.6 Å². The molecule has 1 aliphatic rings. The number of allylic oxidation sites excluding steroid dienone is 3. The van der Waals surface area contributed by atoms with Crippen LogP contribution >= 0.6 is 0 Å². The second-order valence-corrected chi connectivity index (χ2v) is 3.17. The van der Waals surface area contributed by atoms with Gasteiger partial charge in [0.15, 0.2) is 0 Å². The molecule has 0 radical (unpaired) electrons. The van der Waals surface area contributed by atoms with Crippen LogP contribution in [0.3, 0.4) is 0 Å². The van der Waals surface area contributed by atoms with Crippen LogP contribution in [0.15, 0.2) is 29.0 Å². The number of nitrogens with one attached hydrogen (secondary N) is 1. The molecule has 14 heavy (non-hydrogen) atoms. The zero-order chi connectivity index (χ0) is 10.2. The Balaban J connectivity index is 2.65. The Morgan fingerprint density at radius 3 is 2.57 bits per heavy atom. The molecule has 0 bridgehead atoms. The first-order chi connectivity index (χ1) is 6.88. The van der Waals surface area contributed by atoms with Crippen molar-refractivity contribution in [1.82, 2.24) is 10.2 Å². The first-order valence-electron chi connectivity index (χ1n) is 5.16. The van der Waals surface area contributed by atoms with Gasteiger partial charge in [0, 0.05) is 32.4 Å². The summed E-state index contributed by atoms with van der Waals surface area (Å²) in [7, 11) is 0. The molecule has 1 N–H and O–H groups in total. The maximum absolute atomic E-state index is 4.37. The summed E-state index contributed by atoms with van der Waals surface area (Å²) in [5, 5.41) is 3.33. The van der Waals surface area contributed by atoms with Crippen molar-refractivity contribution in [1.29, 1.82) is 0 Å². The minimum Gasteiger partial charge on any atom is -0.354 e. The van der Waals surface area contributed by atoms with Gasteiger partial charge in [-0.05, 0) is 19.9 Å². The predicted octanol–water partition coefficient (Wildman–Crippen LogP) is 1.40. The predicted molar refractivity (Wildman–Crippen MR) is 61.5 cm³/mol. The lowest BCUT2D eigenvalue weighted by atomic mass is 10.3. The monoisotopic (exact) mass is 193 g/mol. The summed E-state index contributed by atoms with van der Waals surface area (Å²) in [4.78, 5) is 6.67. The molecule has 0 aliphatic carbocycles. The molecule has 0 unspecified atom stereocenters. The molecular weight excluding hydrogens is 174 g/mol. The second-order valence-electron chi connectivity index (χ2n) is 3.17. The highest BCUT2D eigenvalue weighted by Crippen LogP contribution is 2.07. The molecule has 0 aromatic carbocycles. The van der Waals surface area contributed by atoms with E-state index in [0.29, 0.717) is 0 Å². The quantitative estimate of drug-likeness (QED) is 0.542. The van der Waals surface area contributed by atoms with Crippen molar-refractivity contribution < 1.29 is 0 Å². The lowest BCUT2D eigenvalue weighted by molar-refractivity contribution is 0.297. The number of hydrogen-bond donors (Lipinski definition) is 1. The lowest BCUT2D eigenvalue weighted by Crippen LogP contribution is -2.42. The minimum absolute atomic E-state index is 1.04. The number of rotatable bonds is 3. The van der Waals surface area contributed by atoms with E-state index < -0.39 is 0 Å². The highest BCUT2D eigenvalue weighted by atomic mass is 15.2.